The summed E-state index contributed by atoms with van der Waals surface area (Å²) < 4.78 is 11.1. The number of rotatable bonds is 12. The lowest BCUT2D eigenvalue weighted by Gasteiger charge is -2.06. The topological polar surface area (TPSA) is 18.5 Å². The van der Waals surface area contributed by atoms with Crippen LogP contribution in [0, 0.1) is 0 Å². The SMILES string of the molecule is BrCCCCCCCOCCOCc1ccccc1. The largest absolute Gasteiger partial charge is 0.379 e. The number of hydrogen-bond acceptors (Lipinski definition) is 2. The van der Waals surface area contributed by atoms with Crippen LogP contribution in [0.2, 0.25) is 0 Å². The Bertz CT molecular complexity index is 290. The summed E-state index contributed by atoms with van der Waals surface area (Å²) in [5.74, 6) is 0. The Kier molecular flexibility index (Phi) is 11.1. The van der Waals surface area contributed by atoms with Crippen LogP contribution < -0.4 is 0 Å². The molecule has 0 saturated heterocycles. The standard InChI is InChI=1S/C16H25BrO2/c17-11-7-2-1-3-8-12-18-13-14-19-15-16-9-5-4-6-10-16/h4-6,9-10H,1-3,7-8,11-15H2. The predicted molar refractivity (Wildman–Crippen MR) is 83.8 cm³/mol. The second kappa shape index (κ2) is 12.6. The third-order valence-electron chi connectivity index (χ3n) is 2.91. The van der Waals surface area contributed by atoms with E-state index in [-0.39, 0.29) is 0 Å². The molecule has 108 valence electrons. The average Bonchev–Trinajstić information content (AvgIpc) is 2.46. The Morgan fingerprint density at radius 2 is 1.42 bits per heavy atom. The van der Waals surface area contributed by atoms with Crippen LogP contribution in [0.5, 0.6) is 0 Å². The van der Waals surface area contributed by atoms with Gasteiger partial charge >= 0.3 is 0 Å². The molecular weight excluding hydrogens is 304 g/mol. The zero-order valence-corrected chi connectivity index (χ0v) is 13.2. The fourth-order valence-electron chi connectivity index (χ4n) is 1.81. The molecule has 1 aromatic rings. The van der Waals surface area contributed by atoms with Gasteiger partial charge in [-0.1, -0.05) is 65.5 Å². The molecule has 1 rings (SSSR count). The molecular formula is C16H25BrO2. The van der Waals surface area contributed by atoms with E-state index < -0.39 is 0 Å². The van der Waals surface area contributed by atoms with Gasteiger partial charge in [0.15, 0.2) is 0 Å². The van der Waals surface area contributed by atoms with Crippen molar-refractivity contribution in [3.05, 3.63) is 35.9 Å². The van der Waals surface area contributed by atoms with E-state index in [0.717, 1.165) is 11.9 Å². The number of ether oxygens (including phenoxy) is 2. The highest BCUT2D eigenvalue weighted by Gasteiger charge is 1.93. The van der Waals surface area contributed by atoms with Crippen molar-refractivity contribution in [3.8, 4) is 0 Å². The highest BCUT2D eigenvalue weighted by Crippen LogP contribution is 2.04. The minimum absolute atomic E-state index is 0.677. The van der Waals surface area contributed by atoms with Crippen LogP contribution in [-0.2, 0) is 16.1 Å². The number of unbranched alkanes of at least 4 members (excludes halogenated alkanes) is 4. The zero-order valence-electron chi connectivity index (χ0n) is 11.7. The van der Waals surface area contributed by atoms with Gasteiger partial charge < -0.3 is 9.47 Å². The molecule has 0 N–H and O–H groups in total. The van der Waals surface area contributed by atoms with Crippen molar-refractivity contribution in [2.45, 2.75) is 38.7 Å². The molecule has 1 aromatic carbocycles. The lowest BCUT2D eigenvalue weighted by Crippen LogP contribution is -2.05. The zero-order chi connectivity index (χ0) is 13.6. The highest BCUT2D eigenvalue weighted by atomic mass is 79.9. The maximum atomic E-state index is 5.55. The lowest BCUT2D eigenvalue weighted by atomic mass is 10.2. The van der Waals surface area contributed by atoms with Crippen LogP contribution in [0.25, 0.3) is 0 Å². The van der Waals surface area contributed by atoms with Gasteiger partial charge in [0, 0.05) is 11.9 Å². The molecule has 0 fully saturated rings. The van der Waals surface area contributed by atoms with Gasteiger partial charge in [-0.15, -0.1) is 0 Å². The molecule has 0 aromatic heterocycles. The van der Waals surface area contributed by atoms with Crippen molar-refractivity contribution >= 4 is 15.9 Å². The maximum Gasteiger partial charge on any atom is 0.0718 e. The van der Waals surface area contributed by atoms with Crippen LogP contribution in [0.4, 0.5) is 0 Å². The fraction of sp³-hybridized carbons (Fsp3) is 0.625. The normalized spacial score (nSPS) is 10.8. The van der Waals surface area contributed by atoms with Crippen LogP contribution in [0.3, 0.4) is 0 Å². The van der Waals surface area contributed by atoms with Crippen LogP contribution in [-0.4, -0.2) is 25.2 Å². The van der Waals surface area contributed by atoms with Gasteiger partial charge in [-0.25, -0.2) is 0 Å². The first-order valence-corrected chi connectivity index (χ1v) is 8.31. The van der Waals surface area contributed by atoms with E-state index >= 15 is 0 Å². The molecule has 0 radical (unpaired) electrons. The fourth-order valence-corrected chi connectivity index (χ4v) is 2.21. The van der Waals surface area contributed by atoms with Crippen molar-refractivity contribution in [2.24, 2.45) is 0 Å². The Morgan fingerprint density at radius 3 is 2.21 bits per heavy atom. The van der Waals surface area contributed by atoms with Gasteiger partial charge in [0.05, 0.1) is 19.8 Å². The third kappa shape index (κ3) is 10.1. The number of benzene rings is 1. The summed E-state index contributed by atoms with van der Waals surface area (Å²) in [6.07, 6.45) is 6.37. The Labute approximate surface area is 125 Å². The number of halogens is 1. The van der Waals surface area contributed by atoms with E-state index in [1.54, 1.807) is 0 Å². The molecule has 0 bridgehead atoms. The molecule has 0 unspecified atom stereocenters. The van der Waals surface area contributed by atoms with Gasteiger partial charge in [-0.2, -0.15) is 0 Å². The first-order chi connectivity index (χ1) is 9.43. The molecule has 0 aliphatic heterocycles. The maximum absolute atomic E-state index is 5.55. The van der Waals surface area contributed by atoms with Crippen molar-refractivity contribution in [1.29, 1.82) is 0 Å². The second-order valence-electron chi connectivity index (χ2n) is 4.61. The summed E-state index contributed by atoms with van der Waals surface area (Å²) in [6.45, 7) is 2.92. The third-order valence-corrected chi connectivity index (χ3v) is 3.47. The highest BCUT2D eigenvalue weighted by molar-refractivity contribution is 9.09. The van der Waals surface area contributed by atoms with E-state index in [2.05, 4.69) is 28.1 Å². The van der Waals surface area contributed by atoms with Gasteiger partial charge in [0.2, 0.25) is 0 Å². The average molecular weight is 329 g/mol. The van der Waals surface area contributed by atoms with Crippen LogP contribution in [0.1, 0.15) is 37.7 Å². The number of alkyl halides is 1. The van der Waals surface area contributed by atoms with Gasteiger partial charge in [0.25, 0.3) is 0 Å². The van der Waals surface area contributed by atoms with E-state index in [1.807, 2.05) is 18.2 Å². The van der Waals surface area contributed by atoms with Crippen LogP contribution in [0.15, 0.2) is 30.3 Å². The number of hydrogen-bond donors (Lipinski definition) is 0. The Morgan fingerprint density at radius 1 is 0.737 bits per heavy atom. The summed E-state index contributed by atoms with van der Waals surface area (Å²) in [7, 11) is 0. The first kappa shape index (κ1) is 16.7. The summed E-state index contributed by atoms with van der Waals surface area (Å²) in [6, 6.07) is 10.2. The smallest absolute Gasteiger partial charge is 0.0718 e. The lowest BCUT2D eigenvalue weighted by molar-refractivity contribution is 0.0393. The monoisotopic (exact) mass is 328 g/mol. The molecule has 0 spiro atoms. The molecule has 0 atom stereocenters. The summed E-state index contributed by atoms with van der Waals surface area (Å²) in [5.41, 5.74) is 1.22. The molecule has 19 heavy (non-hydrogen) atoms. The van der Waals surface area contributed by atoms with Crippen molar-refractivity contribution in [3.63, 3.8) is 0 Å². The van der Waals surface area contributed by atoms with E-state index in [1.165, 1.54) is 37.7 Å². The van der Waals surface area contributed by atoms with Crippen molar-refractivity contribution in [1.82, 2.24) is 0 Å². The molecule has 3 heteroatoms. The molecule has 0 amide bonds. The molecule has 0 saturated carbocycles. The van der Waals surface area contributed by atoms with E-state index in [9.17, 15) is 0 Å². The predicted octanol–water partition coefficient (Wildman–Crippen LogP) is 4.57. The minimum atomic E-state index is 0.677. The van der Waals surface area contributed by atoms with Gasteiger partial charge in [0.1, 0.15) is 0 Å². The molecule has 2 nitrogen and oxygen atoms in total. The molecule has 0 aliphatic carbocycles. The first-order valence-electron chi connectivity index (χ1n) is 7.19. The minimum Gasteiger partial charge on any atom is -0.379 e. The van der Waals surface area contributed by atoms with Crippen LogP contribution >= 0.6 is 15.9 Å². The Balaban J connectivity index is 1.79. The Hall–Kier alpha value is -0.380. The second-order valence-corrected chi connectivity index (χ2v) is 5.40. The molecule has 0 heterocycles. The summed E-state index contributed by atoms with van der Waals surface area (Å²) in [4.78, 5) is 0. The van der Waals surface area contributed by atoms with Gasteiger partial charge in [-0.3, -0.25) is 0 Å². The summed E-state index contributed by atoms with van der Waals surface area (Å²) in [5, 5.41) is 1.13. The summed E-state index contributed by atoms with van der Waals surface area (Å²) >= 11 is 3.45. The van der Waals surface area contributed by atoms with Crippen molar-refractivity contribution in [2.75, 3.05) is 25.2 Å². The van der Waals surface area contributed by atoms with Gasteiger partial charge in [-0.05, 0) is 18.4 Å². The quantitative estimate of drug-likeness (QED) is 0.413. The molecule has 0 aliphatic rings. The van der Waals surface area contributed by atoms with E-state index in [4.69, 9.17) is 9.47 Å². The van der Waals surface area contributed by atoms with Crippen molar-refractivity contribution < 1.29 is 9.47 Å². The van der Waals surface area contributed by atoms with E-state index in [0.29, 0.717) is 19.8 Å².